The van der Waals surface area contributed by atoms with Crippen molar-refractivity contribution in [1.82, 2.24) is 5.32 Å². The van der Waals surface area contributed by atoms with Gasteiger partial charge in [-0.25, -0.2) is 0 Å². The molecule has 0 spiro atoms. The average molecular weight is 235 g/mol. The second-order valence-corrected chi connectivity index (χ2v) is 5.84. The Morgan fingerprint density at radius 1 is 1.25 bits per heavy atom. The van der Waals surface area contributed by atoms with E-state index >= 15 is 0 Å². The number of aryl methyl sites for hydroxylation is 2. The van der Waals surface area contributed by atoms with E-state index in [9.17, 15) is 0 Å². The first-order valence-electron chi connectivity index (χ1n) is 6.16. The lowest BCUT2D eigenvalue weighted by Crippen LogP contribution is -2.28. The summed E-state index contributed by atoms with van der Waals surface area (Å²) in [6, 6.07) is 6.78. The molecule has 0 saturated carbocycles. The van der Waals surface area contributed by atoms with Gasteiger partial charge in [-0.1, -0.05) is 17.7 Å². The quantitative estimate of drug-likeness (QED) is 0.806. The highest BCUT2D eigenvalue weighted by Crippen LogP contribution is 2.27. The minimum atomic E-state index is 0.909. The molecule has 0 unspecified atom stereocenters. The van der Waals surface area contributed by atoms with Crippen LogP contribution < -0.4 is 5.32 Å². The molecule has 1 aromatic rings. The van der Waals surface area contributed by atoms with Crippen molar-refractivity contribution in [2.75, 3.05) is 18.8 Å². The molecule has 1 heterocycles. The molecule has 1 N–H and O–H groups in total. The number of hydrogen-bond acceptors (Lipinski definition) is 2. The van der Waals surface area contributed by atoms with Crippen molar-refractivity contribution >= 4 is 11.8 Å². The second-order valence-electron chi connectivity index (χ2n) is 4.77. The Hall–Kier alpha value is -0.470. The Kier molecular flexibility index (Phi) is 4.30. The summed E-state index contributed by atoms with van der Waals surface area (Å²) in [4.78, 5) is 1.46. The number of nitrogens with one attached hydrogen (secondary N) is 1. The van der Waals surface area contributed by atoms with Gasteiger partial charge in [0.15, 0.2) is 0 Å². The van der Waals surface area contributed by atoms with Crippen LogP contribution in [0.3, 0.4) is 0 Å². The molecule has 2 heteroatoms. The zero-order valence-corrected chi connectivity index (χ0v) is 11.1. The van der Waals surface area contributed by atoms with Crippen molar-refractivity contribution in [1.29, 1.82) is 0 Å². The predicted molar refractivity (Wildman–Crippen MR) is 72.2 cm³/mol. The van der Waals surface area contributed by atoms with Gasteiger partial charge in [-0.2, -0.15) is 0 Å². The van der Waals surface area contributed by atoms with Gasteiger partial charge < -0.3 is 5.32 Å². The Labute approximate surface area is 103 Å². The van der Waals surface area contributed by atoms with Crippen LogP contribution in [-0.4, -0.2) is 18.8 Å². The molecule has 0 amide bonds. The molecular formula is C14H21NS. The van der Waals surface area contributed by atoms with Gasteiger partial charge in [0.2, 0.25) is 0 Å². The average Bonchev–Trinajstić information content (AvgIpc) is 2.29. The smallest absolute Gasteiger partial charge is 0.0101 e. The van der Waals surface area contributed by atoms with E-state index in [2.05, 4.69) is 37.4 Å². The number of rotatable bonds is 3. The Balaban J connectivity index is 1.88. The first-order chi connectivity index (χ1) is 7.75. The van der Waals surface area contributed by atoms with E-state index < -0.39 is 0 Å². The molecule has 88 valence electrons. The van der Waals surface area contributed by atoms with Gasteiger partial charge in [0.05, 0.1) is 0 Å². The van der Waals surface area contributed by atoms with Crippen molar-refractivity contribution in [3.05, 3.63) is 29.3 Å². The predicted octanol–water partition coefficient (Wildman–Crippen LogP) is 3.40. The molecule has 2 rings (SSSR count). The SMILES string of the molecule is Cc1ccc(SCC2CCNCC2)c(C)c1. The monoisotopic (exact) mass is 235 g/mol. The summed E-state index contributed by atoms with van der Waals surface area (Å²) in [6.07, 6.45) is 2.69. The maximum atomic E-state index is 3.42. The summed E-state index contributed by atoms with van der Waals surface area (Å²) in [5.41, 5.74) is 2.79. The van der Waals surface area contributed by atoms with Crippen LogP contribution in [0.1, 0.15) is 24.0 Å². The van der Waals surface area contributed by atoms with Crippen molar-refractivity contribution in [3.63, 3.8) is 0 Å². The summed E-state index contributed by atoms with van der Waals surface area (Å²) in [5, 5.41) is 3.42. The maximum absolute atomic E-state index is 3.42. The van der Waals surface area contributed by atoms with Crippen LogP contribution in [0.25, 0.3) is 0 Å². The van der Waals surface area contributed by atoms with Crippen LogP contribution in [0.5, 0.6) is 0 Å². The van der Waals surface area contributed by atoms with Gasteiger partial charge in [-0.15, -0.1) is 11.8 Å². The van der Waals surface area contributed by atoms with Crippen molar-refractivity contribution < 1.29 is 0 Å². The third-order valence-corrected chi connectivity index (χ3v) is 4.67. The Bertz CT molecular complexity index is 343. The van der Waals surface area contributed by atoms with Crippen LogP contribution >= 0.6 is 11.8 Å². The topological polar surface area (TPSA) is 12.0 Å². The van der Waals surface area contributed by atoms with Gasteiger partial charge in [0.25, 0.3) is 0 Å². The summed E-state index contributed by atoms with van der Waals surface area (Å²) in [6.45, 7) is 6.79. The van der Waals surface area contributed by atoms with E-state index in [0.717, 1.165) is 5.92 Å². The van der Waals surface area contributed by atoms with Crippen molar-refractivity contribution in [2.45, 2.75) is 31.6 Å². The molecule has 0 aliphatic carbocycles. The molecule has 1 fully saturated rings. The zero-order chi connectivity index (χ0) is 11.4. The molecule has 0 radical (unpaired) electrons. The van der Waals surface area contributed by atoms with Crippen molar-refractivity contribution in [2.24, 2.45) is 5.92 Å². The Morgan fingerprint density at radius 2 is 2.00 bits per heavy atom. The van der Waals surface area contributed by atoms with Crippen LogP contribution in [0, 0.1) is 19.8 Å². The van der Waals surface area contributed by atoms with Gasteiger partial charge in [-0.05, 0) is 57.3 Å². The van der Waals surface area contributed by atoms with Crippen LogP contribution in [0.15, 0.2) is 23.1 Å². The third kappa shape index (κ3) is 3.26. The summed E-state index contributed by atoms with van der Waals surface area (Å²) in [7, 11) is 0. The lowest BCUT2D eigenvalue weighted by atomic mass is 10.0. The molecule has 0 aromatic heterocycles. The fourth-order valence-corrected chi connectivity index (χ4v) is 3.42. The highest BCUT2D eigenvalue weighted by Gasteiger charge is 2.13. The number of thioether (sulfide) groups is 1. The lowest BCUT2D eigenvalue weighted by molar-refractivity contribution is 0.408. The lowest BCUT2D eigenvalue weighted by Gasteiger charge is -2.22. The van der Waals surface area contributed by atoms with Gasteiger partial charge in [0, 0.05) is 10.6 Å². The highest BCUT2D eigenvalue weighted by atomic mass is 32.2. The standard InChI is InChI=1S/C14H21NS/c1-11-3-4-14(12(2)9-11)16-10-13-5-7-15-8-6-13/h3-4,9,13,15H,5-8,10H2,1-2H3. The number of benzene rings is 1. The molecule has 1 aliphatic rings. The first-order valence-corrected chi connectivity index (χ1v) is 7.15. The minimum Gasteiger partial charge on any atom is -0.317 e. The number of piperidine rings is 1. The second kappa shape index (κ2) is 5.74. The van der Waals surface area contributed by atoms with E-state index in [0.29, 0.717) is 0 Å². The zero-order valence-electron chi connectivity index (χ0n) is 10.3. The number of hydrogen-bond donors (Lipinski definition) is 1. The highest BCUT2D eigenvalue weighted by molar-refractivity contribution is 7.99. The minimum absolute atomic E-state index is 0.909. The van der Waals surface area contributed by atoms with E-state index in [-0.39, 0.29) is 0 Å². The largest absolute Gasteiger partial charge is 0.317 e. The fraction of sp³-hybridized carbons (Fsp3) is 0.571. The van der Waals surface area contributed by atoms with E-state index in [1.165, 1.54) is 47.7 Å². The molecule has 16 heavy (non-hydrogen) atoms. The van der Waals surface area contributed by atoms with Crippen molar-refractivity contribution in [3.8, 4) is 0 Å². The maximum Gasteiger partial charge on any atom is 0.0101 e. The molecule has 1 aromatic carbocycles. The summed E-state index contributed by atoms with van der Waals surface area (Å²) < 4.78 is 0. The first kappa shape index (κ1) is 12.0. The van der Waals surface area contributed by atoms with Crippen LogP contribution in [0.4, 0.5) is 0 Å². The normalized spacial score (nSPS) is 17.6. The van der Waals surface area contributed by atoms with Gasteiger partial charge in [0.1, 0.15) is 0 Å². The molecule has 1 aliphatic heterocycles. The van der Waals surface area contributed by atoms with Crippen LogP contribution in [0.2, 0.25) is 0 Å². The Morgan fingerprint density at radius 3 is 2.69 bits per heavy atom. The molecule has 1 nitrogen and oxygen atoms in total. The summed E-state index contributed by atoms with van der Waals surface area (Å²) >= 11 is 2.03. The van der Waals surface area contributed by atoms with Crippen LogP contribution in [-0.2, 0) is 0 Å². The van der Waals surface area contributed by atoms with Gasteiger partial charge >= 0.3 is 0 Å². The molecular weight excluding hydrogens is 214 g/mol. The van der Waals surface area contributed by atoms with Gasteiger partial charge in [-0.3, -0.25) is 0 Å². The third-order valence-electron chi connectivity index (χ3n) is 3.26. The molecule has 1 saturated heterocycles. The fourth-order valence-electron chi connectivity index (χ4n) is 2.22. The summed E-state index contributed by atoms with van der Waals surface area (Å²) in [5.74, 6) is 2.19. The molecule has 0 atom stereocenters. The van der Waals surface area contributed by atoms with E-state index in [4.69, 9.17) is 0 Å². The van der Waals surface area contributed by atoms with E-state index in [1.807, 2.05) is 11.8 Å². The van der Waals surface area contributed by atoms with E-state index in [1.54, 1.807) is 0 Å². The molecule has 0 bridgehead atoms.